The Balaban J connectivity index is 2.87. The fourth-order valence-electron chi connectivity index (χ4n) is 0.723. The van der Waals surface area contributed by atoms with Crippen molar-refractivity contribution in [2.45, 2.75) is 30.2 Å². The van der Waals surface area contributed by atoms with E-state index in [-0.39, 0.29) is 10.8 Å². The molecular formula is C8H11IN2O2S. The number of H-pyrrole nitrogens is 1. The normalized spacial score (nSPS) is 15.1. The molecule has 1 aromatic heterocycles. The lowest BCUT2D eigenvalue weighted by atomic mass is 10.3. The molecular weight excluding hydrogens is 315 g/mol. The van der Waals surface area contributed by atoms with Gasteiger partial charge in [-0.05, 0) is 29.5 Å². The molecule has 0 aliphatic rings. The monoisotopic (exact) mass is 326 g/mol. The van der Waals surface area contributed by atoms with Crippen molar-refractivity contribution in [1.82, 2.24) is 9.97 Å². The summed E-state index contributed by atoms with van der Waals surface area (Å²) in [4.78, 5) is 17.8. The van der Waals surface area contributed by atoms with Gasteiger partial charge in [0, 0.05) is 5.25 Å². The maximum atomic E-state index is 11.2. The Hall–Kier alpha value is -0.0800. The minimum atomic E-state index is -0.420. The van der Waals surface area contributed by atoms with E-state index in [2.05, 4.69) is 9.97 Å². The Kier molecular flexibility index (Phi) is 4.39. The van der Waals surface area contributed by atoms with Gasteiger partial charge in [0.05, 0.1) is 12.4 Å². The summed E-state index contributed by atoms with van der Waals surface area (Å²) in [5, 5.41) is 10.0. The number of hydrogen-bond acceptors (Lipinski definition) is 4. The van der Waals surface area contributed by atoms with Crippen molar-refractivity contribution < 1.29 is 5.11 Å². The van der Waals surface area contributed by atoms with Gasteiger partial charge in [-0.2, -0.15) is 0 Å². The van der Waals surface area contributed by atoms with Crippen LogP contribution in [-0.4, -0.2) is 26.4 Å². The van der Waals surface area contributed by atoms with Crippen molar-refractivity contribution in [2.24, 2.45) is 0 Å². The van der Waals surface area contributed by atoms with Crippen LogP contribution in [0.3, 0.4) is 0 Å². The Morgan fingerprint density at radius 2 is 2.29 bits per heavy atom. The quantitative estimate of drug-likeness (QED) is 0.498. The van der Waals surface area contributed by atoms with Crippen LogP contribution in [0, 0.1) is 3.57 Å². The van der Waals surface area contributed by atoms with Crippen LogP contribution in [0.1, 0.15) is 13.8 Å². The minimum Gasteiger partial charge on any atom is -0.392 e. The van der Waals surface area contributed by atoms with Gasteiger partial charge in [0.2, 0.25) is 0 Å². The van der Waals surface area contributed by atoms with Crippen LogP contribution in [0.2, 0.25) is 0 Å². The summed E-state index contributed by atoms with van der Waals surface area (Å²) in [6, 6.07) is 0. The molecule has 0 amide bonds. The van der Waals surface area contributed by atoms with Crippen LogP contribution in [0.4, 0.5) is 0 Å². The zero-order valence-electron chi connectivity index (χ0n) is 7.82. The number of aliphatic hydroxyl groups excluding tert-OH is 1. The first-order valence-electron chi connectivity index (χ1n) is 4.10. The van der Waals surface area contributed by atoms with Crippen LogP contribution in [-0.2, 0) is 0 Å². The molecule has 0 saturated heterocycles. The lowest BCUT2D eigenvalue weighted by molar-refractivity contribution is 0.196. The third-order valence-electron chi connectivity index (χ3n) is 1.74. The molecule has 2 unspecified atom stereocenters. The highest BCUT2D eigenvalue weighted by Gasteiger charge is 2.14. The summed E-state index contributed by atoms with van der Waals surface area (Å²) in [6.07, 6.45) is 0.957. The number of aromatic amines is 1. The molecule has 0 aliphatic carbocycles. The van der Waals surface area contributed by atoms with E-state index < -0.39 is 6.10 Å². The van der Waals surface area contributed by atoms with Crippen molar-refractivity contribution in [3.63, 3.8) is 0 Å². The van der Waals surface area contributed by atoms with Crippen molar-refractivity contribution in [3.8, 4) is 0 Å². The second-order valence-corrected chi connectivity index (χ2v) is 5.36. The SMILES string of the molecule is CC(O)C(C)Sc1nc[nH]c(=O)c1I. The van der Waals surface area contributed by atoms with Crippen LogP contribution in [0.15, 0.2) is 16.1 Å². The van der Waals surface area contributed by atoms with Gasteiger partial charge in [0.25, 0.3) is 5.56 Å². The molecule has 6 heteroatoms. The van der Waals surface area contributed by atoms with Crippen LogP contribution >= 0.6 is 34.4 Å². The summed E-state index contributed by atoms with van der Waals surface area (Å²) in [7, 11) is 0. The topological polar surface area (TPSA) is 66.0 Å². The maximum Gasteiger partial charge on any atom is 0.265 e. The summed E-state index contributed by atoms with van der Waals surface area (Å²) in [5.41, 5.74) is -0.138. The molecule has 0 radical (unpaired) electrons. The van der Waals surface area contributed by atoms with Crippen molar-refractivity contribution >= 4 is 34.4 Å². The fraction of sp³-hybridized carbons (Fsp3) is 0.500. The van der Waals surface area contributed by atoms with E-state index in [4.69, 9.17) is 0 Å². The number of halogens is 1. The van der Waals surface area contributed by atoms with Gasteiger partial charge in [0.1, 0.15) is 8.60 Å². The minimum absolute atomic E-state index is 0.0258. The highest BCUT2D eigenvalue weighted by molar-refractivity contribution is 14.1. The van der Waals surface area contributed by atoms with Gasteiger partial charge < -0.3 is 10.1 Å². The smallest absolute Gasteiger partial charge is 0.265 e. The van der Waals surface area contributed by atoms with E-state index in [1.165, 1.54) is 18.1 Å². The second-order valence-electron chi connectivity index (χ2n) is 2.91. The van der Waals surface area contributed by atoms with Gasteiger partial charge in [-0.15, -0.1) is 0 Å². The molecule has 0 fully saturated rings. The lowest BCUT2D eigenvalue weighted by Crippen LogP contribution is -2.17. The maximum absolute atomic E-state index is 11.2. The van der Waals surface area contributed by atoms with E-state index in [1.54, 1.807) is 6.92 Å². The molecule has 0 spiro atoms. The molecule has 0 saturated carbocycles. The van der Waals surface area contributed by atoms with Crippen LogP contribution < -0.4 is 5.56 Å². The number of nitrogens with one attached hydrogen (secondary N) is 1. The number of thioether (sulfide) groups is 1. The number of hydrogen-bond donors (Lipinski definition) is 2. The van der Waals surface area contributed by atoms with Gasteiger partial charge in [-0.1, -0.05) is 18.7 Å². The van der Waals surface area contributed by atoms with Gasteiger partial charge in [0.15, 0.2) is 0 Å². The second kappa shape index (κ2) is 5.13. The molecule has 0 aromatic carbocycles. The van der Waals surface area contributed by atoms with Crippen LogP contribution in [0.25, 0.3) is 0 Å². The molecule has 0 aliphatic heterocycles. The molecule has 4 nitrogen and oxygen atoms in total. The van der Waals surface area contributed by atoms with Crippen molar-refractivity contribution in [1.29, 1.82) is 0 Å². The third-order valence-corrected chi connectivity index (χ3v) is 4.41. The largest absolute Gasteiger partial charge is 0.392 e. The highest BCUT2D eigenvalue weighted by Crippen LogP contribution is 2.25. The summed E-state index contributed by atoms with van der Waals surface area (Å²) >= 11 is 3.36. The Morgan fingerprint density at radius 3 is 2.86 bits per heavy atom. The first-order valence-corrected chi connectivity index (χ1v) is 6.06. The van der Waals surface area contributed by atoms with Crippen molar-refractivity contribution in [2.75, 3.05) is 0 Å². The van der Waals surface area contributed by atoms with E-state index in [1.807, 2.05) is 29.5 Å². The molecule has 1 rings (SSSR count). The summed E-state index contributed by atoms with van der Waals surface area (Å²) in [6.45, 7) is 3.62. The average molecular weight is 326 g/mol. The Bertz CT molecular complexity index is 367. The number of aliphatic hydroxyl groups is 1. The molecule has 14 heavy (non-hydrogen) atoms. The average Bonchev–Trinajstić information content (AvgIpc) is 2.12. The number of rotatable bonds is 3. The highest BCUT2D eigenvalue weighted by atomic mass is 127. The van der Waals surface area contributed by atoms with Gasteiger partial charge in [-0.25, -0.2) is 4.98 Å². The predicted molar refractivity (Wildman–Crippen MR) is 64.6 cm³/mol. The fourth-order valence-corrected chi connectivity index (χ4v) is 2.26. The van der Waals surface area contributed by atoms with Gasteiger partial charge in [-0.3, -0.25) is 4.79 Å². The zero-order valence-corrected chi connectivity index (χ0v) is 10.8. The summed E-state index contributed by atoms with van der Waals surface area (Å²) < 4.78 is 0.572. The zero-order chi connectivity index (χ0) is 10.7. The molecule has 2 atom stereocenters. The Morgan fingerprint density at radius 1 is 1.64 bits per heavy atom. The Labute approximate surface area is 99.7 Å². The standard InChI is InChI=1S/C8H11IN2O2S/c1-4(12)5(2)14-8-6(9)7(13)10-3-11-8/h3-5,12H,1-2H3,(H,10,11,13). The lowest BCUT2D eigenvalue weighted by Gasteiger charge is -2.13. The molecule has 0 bridgehead atoms. The molecule has 78 valence electrons. The first-order chi connectivity index (χ1) is 6.52. The summed E-state index contributed by atoms with van der Waals surface area (Å²) in [5.74, 6) is 0. The van der Waals surface area contributed by atoms with Crippen LogP contribution in [0.5, 0.6) is 0 Å². The first kappa shape index (κ1) is 12.0. The number of aromatic nitrogens is 2. The third kappa shape index (κ3) is 2.96. The molecule has 2 N–H and O–H groups in total. The molecule has 1 aromatic rings. The molecule has 1 heterocycles. The van der Waals surface area contributed by atoms with E-state index in [0.29, 0.717) is 8.60 Å². The predicted octanol–water partition coefficient (Wildman–Crippen LogP) is 1.24. The van der Waals surface area contributed by atoms with E-state index >= 15 is 0 Å². The van der Waals surface area contributed by atoms with Gasteiger partial charge >= 0.3 is 0 Å². The van der Waals surface area contributed by atoms with E-state index in [0.717, 1.165) is 0 Å². The van der Waals surface area contributed by atoms with Crippen molar-refractivity contribution in [3.05, 3.63) is 20.3 Å². The number of nitrogens with zero attached hydrogens (tertiary/aromatic N) is 1. The van der Waals surface area contributed by atoms with E-state index in [9.17, 15) is 9.90 Å².